The highest BCUT2D eigenvalue weighted by molar-refractivity contribution is 7.80. The number of carbonyl (C=O) groups excluding carboxylic acids is 1. The summed E-state index contributed by atoms with van der Waals surface area (Å²) < 4.78 is 0. The van der Waals surface area contributed by atoms with Crippen LogP contribution in [0.1, 0.15) is 12.5 Å². The van der Waals surface area contributed by atoms with Gasteiger partial charge >= 0.3 is 0 Å². The van der Waals surface area contributed by atoms with E-state index in [0.29, 0.717) is 17.4 Å². The van der Waals surface area contributed by atoms with Crippen molar-refractivity contribution in [3.8, 4) is 0 Å². The molecule has 0 N–H and O–H groups in total. The quantitative estimate of drug-likeness (QED) is 0.628. The molecule has 0 unspecified atom stereocenters. The molecule has 1 amide bonds. The van der Waals surface area contributed by atoms with Gasteiger partial charge in [0.2, 0.25) is 0 Å². The van der Waals surface area contributed by atoms with Crippen LogP contribution in [0, 0.1) is 0 Å². The zero-order valence-corrected chi connectivity index (χ0v) is 12.9. The largest absolute Gasteiger partial charge is 0.317 e. The van der Waals surface area contributed by atoms with Crippen LogP contribution < -0.4 is 0 Å². The van der Waals surface area contributed by atoms with Gasteiger partial charge in [-0.05, 0) is 41.6 Å². The minimum absolute atomic E-state index is 0.0297. The van der Waals surface area contributed by atoms with Gasteiger partial charge in [-0.3, -0.25) is 9.69 Å². The van der Waals surface area contributed by atoms with E-state index < -0.39 is 0 Å². The SMILES string of the molecule is CCN1C(=O)/C(=C/c2cccc3ccccc23)N(C)C1=S. The molecule has 3 rings (SSSR count). The van der Waals surface area contributed by atoms with Crippen molar-refractivity contribution in [3.05, 3.63) is 53.7 Å². The van der Waals surface area contributed by atoms with Crippen LogP contribution in [-0.4, -0.2) is 34.4 Å². The first-order valence-electron chi connectivity index (χ1n) is 6.92. The van der Waals surface area contributed by atoms with Crippen molar-refractivity contribution in [1.29, 1.82) is 0 Å². The first kappa shape index (κ1) is 13.8. The Morgan fingerprint density at radius 2 is 1.86 bits per heavy atom. The molecule has 106 valence electrons. The molecule has 0 atom stereocenters. The van der Waals surface area contributed by atoms with Crippen molar-refractivity contribution in [1.82, 2.24) is 9.80 Å². The van der Waals surface area contributed by atoms with Crippen molar-refractivity contribution < 1.29 is 4.79 Å². The lowest BCUT2D eigenvalue weighted by Crippen LogP contribution is -2.30. The van der Waals surface area contributed by atoms with Gasteiger partial charge in [-0.1, -0.05) is 42.5 Å². The van der Waals surface area contributed by atoms with Crippen LogP contribution in [-0.2, 0) is 4.79 Å². The molecule has 2 aromatic carbocycles. The minimum Gasteiger partial charge on any atom is -0.317 e. The number of amides is 1. The third-order valence-corrected chi connectivity index (χ3v) is 4.27. The average Bonchev–Trinajstić information content (AvgIpc) is 2.71. The first-order chi connectivity index (χ1) is 10.1. The van der Waals surface area contributed by atoms with Crippen LogP contribution in [0.25, 0.3) is 16.8 Å². The number of hydrogen-bond acceptors (Lipinski definition) is 2. The fourth-order valence-corrected chi connectivity index (χ4v) is 2.92. The summed E-state index contributed by atoms with van der Waals surface area (Å²) in [5, 5.41) is 2.86. The molecule has 1 fully saturated rings. The van der Waals surface area contributed by atoms with Crippen molar-refractivity contribution >= 4 is 40.1 Å². The van der Waals surface area contributed by atoms with Gasteiger partial charge in [-0.2, -0.15) is 0 Å². The van der Waals surface area contributed by atoms with Crippen molar-refractivity contribution in [2.45, 2.75) is 6.92 Å². The Kier molecular flexibility index (Phi) is 3.47. The van der Waals surface area contributed by atoms with Crippen LogP contribution in [0.4, 0.5) is 0 Å². The van der Waals surface area contributed by atoms with Gasteiger partial charge in [0.25, 0.3) is 5.91 Å². The molecule has 0 aromatic heterocycles. The third kappa shape index (κ3) is 2.21. The third-order valence-electron chi connectivity index (χ3n) is 3.78. The maximum atomic E-state index is 12.4. The van der Waals surface area contributed by atoms with Gasteiger partial charge in [0, 0.05) is 13.6 Å². The van der Waals surface area contributed by atoms with Gasteiger partial charge in [0.15, 0.2) is 5.11 Å². The second-order valence-corrected chi connectivity index (χ2v) is 5.35. The summed E-state index contributed by atoms with van der Waals surface area (Å²) in [5.41, 5.74) is 1.65. The van der Waals surface area contributed by atoms with E-state index in [9.17, 15) is 4.79 Å². The molecule has 1 saturated heterocycles. The van der Waals surface area contributed by atoms with Crippen LogP contribution in [0.2, 0.25) is 0 Å². The molecule has 4 heteroatoms. The Bertz CT molecular complexity index is 761. The Hall–Kier alpha value is -2.20. The van der Waals surface area contributed by atoms with E-state index in [2.05, 4.69) is 18.2 Å². The molecule has 0 saturated carbocycles. The molecular formula is C17H16N2OS. The zero-order chi connectivity index (χ0) is 15.0. The van der Waals surface area contributed by atoms with E-state index in [0.717, 1.165) is 16.3 Å². The fourth-order valence-electron chi connectivity index (χ4n) is 2.61. The normalized spacial score (nSPS) is 17.3. The van der Waals surface area contributed by atoms with Gasteiger partial charge in [-0.15, -0.1) is 0 Å². The summed E-state index contributed by atoms with van der Waals surface area (Å²) in [7, 11) is 1.84. The Morgan fingerprint density at radius 3 is 2.57 bits per heavy atom. The lowest BCUT2D eigenvalue weighted by molar-refractivity contribution is -0.122. The molecule has 2 aromatic rings. The van der Waals surface area contributed by atoms with Crippen LogP contribution >= 0.6 is 12.2 Å². The number of likely N-dealkylation sites (N-methyl/N-ethyl adjacent to an activating group) is 2. The van der Waals surface area contributed by atoms with E-state index in [1.54, 1.807) is 9.80 Å². The van der Waals surface area contributed by atoms with Crippen LogP contribution in [0.15, 0.2) is 48.2 Å². The molecule has 0 bridgehead atoms. The Morgan fingerprint density at radius 1 is 1.14 bits per heavy atom. The fraction of sp³-hybridized carbons (Fsp3) is 0.176. The molecule has 1 aliphatic rings. The number of nitrogens with zero attached hydrogens (tertiary/aromatic N) is 2. The monoisotopic (exact) mass is 296 g/mol. The smallest absolute Gasteiger partial charge is 0.276 e. The summed E-state index contributed by atoms with van der Waals surface area (Å²) in [5.74, 6) is -0.0297. The van der Waals surface area contributed by atoms with Gasteiger partial charge in [0.1, 0.15) is 5.70 Å². The predicted molar refractivity (Wildman–Crippen MR) is 89.7 cm³/mol. The lowest BCUT2D eigenvalue weighted by Gasteiger charge is -2.13. The highest BCUT2D eigenvalue weighted by Gasteiger charge is 2.34. The summed E-state index contributed by atoms with van der Waals surface area (Å²) in [6.45, 7) is 2.52. The molecule has 0 aliphatic carbocycles. The molecule has 0 spiro atoms. The number of rotatable bonds is 2. The Labute approximate surface area is 129 Å². The second kappa shape index (κ2) is 5.30. The highest BCUT2D eigenvalue weighted by atomic mass is 32.1. The number of thiocarbonyl (C=S) groups is 1. The maximum Gasteiger partial charge on any atom is 0.276 e. The lowest BCUT2D eigenvalue weighted by atomic mass is 10.0. The van der Waals surface area contributed by atoms with E-state index in [-0.39, 0.29) is 5.91 Å². The van der Waals surface area contributed by atoms with Gasteiger partial charge in [0.05, 0.1) is 0 Å². The number of carbonyl (C=O) groups is 1. The standard InChI is InChI=1S/C17H16N2OS/c1-3-19-16(20)15(18(2)17(19)21)11-13-9-6-8-12-7-4-5-10-14(12)13/h4-11H,3H2,1-2H3/b15-11-. The molecule has 21 heavy (non-hydrogen) atoms. The Balaban J connectivity index is 2.12. The second-order valence-electron chi connectivity index (χ2n) is 4.99. The van der Waals surface area contributed by atoms with Crippen molar-refractivity contribution in [2.75, 3.05) is 13.6 Å². The topological polar surface area (TPSA) is 23.6 Å². The molecule has 1 heterocycles. The maximum absolute atomic E-state index is 12.4. The van der Waals surface area contributed by atoms with Gasteiger partial charge in [-0.25, -0.2) is 0 Å². The van der Waals surface area contributed by atoms with Crippen LogP contribution in [0.3, 0.4) is 0 Å². The molecule has 0 radical (unpaired) electrons. The number of fused-ring (bicyclic) bond motifs is 1. The summed E-state index contributed by atoms with van der Waals surface area (Å²) in [6.07, 6.45) is 1.92. The number of benzene rings is 2. The van der Waals surface area contributed by atoms with Crippen molar-refractivity contribution in [3.63, 3.8) is 0 Å². The number of hydrogen-bond donors (Lipinski definition) is 0. The van der Waals surface area contributed by atoms with Crippen LogP contribution in [0.5, 0.6) is 0 Å². The van der Waals surface area contributed by atoms with E-state index >= 15 is 0 Å². The highest BCUT2D eigenvalue weighted by Crippen LogP contribution is 2.25. The molecule has 3 nitrogen and oxygen atoms in total. The van der Waals surface area contributed by atoms with Crippen molar-refractivity contribution in [2.24, 2.45) is 0 Å². The van der Waals surface area contributed by atoms with Gasteiger partial charge < -0.3 is 4.90 Å². The van der Waals surface area contributed by atoms with E-state index in [4.69, 9.17) is 12.2 Å². The summed E-state index contributed by atoms with van der Waals surface area (Å²) in [6, 6.07) is 14.3. The summed E-state index contributed by atoms with van der Waals surface area (Å²) >= 11 is 5.32. The van der Waals surface area contributed by atoms with E-state index in [1.807, 2.05) is 44.3 Å². The molecular weight excluding hydrogens is 280 g/mol. The summed E-state index contributed by atoms with van der Waals surface area (Å²) in [4.78, 5) is 15.8. The first-order valence-corrected chi connectivity index (χ1v) is 7.33. The van der Waals surface area contributed by atoms with E-state index in [1.165, 1.54) is 0 Å². The predicted octanol–water partition coefficient (Wildman–Crippen LogP) is 3.26. The minimum atomic E-state index is -0.0297. The molecule has 1 aliphatic heterocycles. The zero-order valence-electron chi connectivity index (χ0n) is 12.0. The average molecular weight is 296 g/mol.